The molecule has 0 aromatic heterocycles. The number of carboxylic acid groups (broad SMARTS) is 1. The zero-order chi connectivity index (χ0) is 17.5. The zero-order valence-electron chi connectivity index (χ0n) is 13.2. The highest BCUT2D eigenvalue weighted by Gasteiger charge is 2.33. The molecule has 6 heteroatoms. The fourth-order valence-corrected chi connectivity index (χ4v) is 2.96. The molecule has 0 heterocycles. The Balaban J connectivity index is 1.80. The van der Waals surface area contributed by atoms with Crippen LogP contribution >= 0.6 is 0 Å². The van der Waals surface area contributed by atoms with E-state index in [1.54, 1.807) is 12.1 Å². The monoisotopic (exact) mass is 335 g/mol. The summed E-state index contributed by atoms with van der Waals surface area (Å²) in [5, 5.41) is 22.2. The predicted molar refractivity (Wildman–Crippen MR) is 86.8 cm³/mol. The number of aliphatic hydroxyl groups is 1. The van der Waals surface area contributed by atoms with Gasteiger partial charge in [-0.1, -0.05) is 6.08 Å². The second-order valence-electron chi connectivity index (χ2n) is 6.43. The molecular weight excluding hydrogens is 316 g/mol. The average Bonchev–Trinajstić information content (AvgIpc) is 3.30. The summed E-state index contributed by atoms with van der Waals surface area (Å²) in [7, 11) is 0. The van der Waals surface area contributed by atoms with Gasteiger partial charge in [0.25, 0.3) is 5.92 Å². The summed E-state index contributed by atoms with van der Waals surface area (Å²) >= 11 is 0. The van der Waals surface area contributed by atoms with Gasteiger partial charge in [-0.2, -0.15) is 0 Å². The third-order valence-electron chi connectivity index (χ3n) is 4.34. The number of nitrogens with one attached hydrogen (secondary N) is 1. The van der Waals surface area contributed by atoms with Crippen LogP contribution in [0.5, 0.6) is 0 Å². The summed E-state index contributed by atoms with van der Waals surface area (Å²) in [5.41, 5.74) is 1.59. The maximum atomic E-state index is 13.4. The molecule has 2 aliphatic rings. The van der Waals surface area contributed by atoms with E-state index >= 15 is 0 Å². The van der Waals surface area contributed by atoms with E-state index in [0.29, 0.717) is 12.3 Å². The summed E-state index contributed by atoms with van der Waals surface area (Å²) in [6.07, 6.45) is 5.07. The van der Waals surface area contributed by atoms with Crippen molar-refractivity contribution in [1.29, 1.82) is 0 Å². The standard InChI is InChI=1S/C18H19F2NO3/c1-18(19,20)14-6-5-12(9-16(14)22)21-15-7-4-11(17(23)24)8-13(15)10-2-3-10/h4,6-10,12,21-22H,2-3,5H2,1H3,(H,23,24). The molecule has 0 radical (unpaired) electrons. The van der Waals surface area contributed by atoms with Crippen LogP contribution in [-0.4, -0.2) is 28.1 Å². The first-order valence-electron chi connectivity index (χ1n) is 7.89. The van der Waals surface area contributed by atoms with Crippen molar-refractivity contribution in [2.45, 2.75) is 44.1 Å². The molecule has 1 aromatic carbocycles. The van der Waals surface area contributed by atoms with Gasteiger partial charge in [-0.05, 0) is 55.0 Å². The molecule has 1 aromatic rings. The number of hydrogen-bond acceptors (Lipinski definition) is 3. The smallest absolute Gasteiger partial charge is 0.335 e. The number of aromatic carboxylic acids is 1. The van der Waals surface area contributed by atoms with E-state index in [2.05, 4.69) is 5.32 Å². The summed E-state index contributed by atoms with van der Waals surface area (Å²) in [6, 6.07) is 4.57. The number of alkyl halides is 2. The van der Waals surface area contributed by atoms with E-state index in [1.807, 2.05) is 0 Å². The van der Waals surface area contributed by atoms with Crippen LogP contribution < -0.4 is 5.32 Å². The Morgan fingerprint density at radius 3 is 2.58 bits per heavy atom. The second kappa shape index (κ2) is 5.92. The Morgan fingerprint density at radius 2 is 2.04 bits per heavy atom. The lowest BCUT2D eigenvalue weighted by atomic mass is 9.96. The largest absolute Gasteiger partial charge is 0.508 e. The van der Waals surface area contributed by atoms with E-state index in [-0.39, 0.29) is 17.2 Å². The molecule has 3 N–H and O–H groups in total. The van der Waals surface area contributed by atoms with E-state index in [9.17, 15) is 18.7 Å². The van der Waals surface area contributed by atoms with Gasteiger partial charge in [-0.15, -0.1) is 0 Å². The van der Waals surface area contributed by atoms with Crippen LogP contribution in [0.4, 0.5) is 14.5 Å². The molecule has 128 valence electrons. The van der Waals surface area contributed by atoms with Gasteiger partial charge in [0.15, 0.2) is 0 Å². The van der Waals surface area contributed by atoms with Crippen LogP contribution in [0, 0.1) is 0 Å². The van der Waals surface area contributed by atoms with E-state index < -0.39 is 17.7 Å². The Kier molecular flexibility index (Phi) is 4.07. The topological polar surface area (TPSA) is 69.6 Å². The average molecular weight is 335 g/mol. The molecule has 0 aliphatic heterocycles. The molecule has 0 bridgehead atoms. The lowest BCUT2D eigenvalue weighted by Crippen LogP contribution is -2.25. The first-order valence-corrected chi connectivity index (χ1v) is 7.89. The summed E-state index contributed by atoms with van der Waals surface area (Å²) in [6.45, 7) is 0.756. The zero-order valence-corrected chi connectivity index (χ0v) is 13.2. The molecule has 2 aliphatic carbocycles. The number of anilines is 1. The highest BCUT2D eigenvalue weighted by atomic mass is 19.3. The van der Waals surface area contributed by atoms with Crippen LogP contribution in [0.1, 0.15) is 48.0 Å². The van der Waals surface area contributed by atoms with Crippen molar-refractivity contribution < 1.29 is 23.8 Å². The van der Waals surface area contributed by atoms with E-state index in [1.165, 1.54) is 18.2 Å². The minimum absolute atomic E-state index is 0.234. The Labute approximate surface area is 138 Å². The lowest BCUT2D eigenvalue weighted by Gasteiger charge is -2.24. The highest BCUT2D eigenvalue weighted by molar-refractivity contribution is 5.88. The molecule has 4 nitrogen and oxygen atoms in total. The lowest BCUT2D eigenvalue weighted by molar-refractivity contribution is 0.0589. The van der Waals surface area contributed by atoms with Gasteiger partial charge >= 0.3 is 5.97 Å². The van der Waals surface area contributed by atoms with Crippen molar-refractivity contribution in [1.82, 2.24) is 0 Å². The maximum Gasteiger partial charge on any atom is 0.335 e. The van der Waals surface area contributed by atoms with Crippen molar-refractivity contribution in [3.05, 3.63) is 52.8 Å². The first kappa shape index (κ1) is 16.5. The highest BCUT2D eigenvalue weighted by Crippen LogP contribution is 2.44. The van der Waals surface area contributed by atoms with Gasteiger partial charge in [-0.25, -0.2) is 13.6 Å². The number of halogens is 2. The quantitative estimate of drug-likeness (QED) is 0.742. The minimum Gasteiger partial charge on any atom is -0.508 e. The first-order chi connectivity index (χ1) is 11.3. The van der Waals surface area contributed by atoms with Crippen LogP contribution in [0.2, 0.25) is 0 Å². The van der Waals surface area contributed by atoms with Crippen LogP contribution in [0.25, 0.3) is 0 Å². The van der Waals surface area contributed by atoms with Crippen molar-refractivity contribution in [3.8, 4) is 0 Å². The summed E-state index contributed by atoms with van der Waals surface area (Å²) < 4.78 is 26.7. The molecule has 0 amide bonds. The molecule has 1 unspecified atom stereocenters. The van der Waals surface area contributed by atoms with E-state index in [4.69, 9.17) is 5.11 Å². The number of aliphatic hydroxyl groups excluding tert-OH is 1. The molecule has 3 rings (SSSR count). The number of benzene rings is 1. The normalized spacial score (nSPS) is 21.0. The van der Waals surface area contributed by atoms with Crippen molar-refractivity contribution in [2.24, 2.45) is 0 Å². The van der Waals surface area contributed by atoms with Crippen molar-refractivity contribution >= 4 is 11.7 Å². The Hall–Kier alpha value is -2.37. The molecule has 0 saturated heterocycles. The number of hydrogen-bond donors (Lipinski definition) is 3. The van der Waals surface area contributed by atoms with Gasteiger partial charge in [0, 0.05) is 12.6 Å². The van der Waals surface area contributed by atoms with Crippen LogP contribution in [0.3, 0.4) is 0 Å². The molecular formula is C18H19F2NO3. The predicted octanol–water partition coefficient (Wildman–Crippen LogP) is 4.47. The number of carboxylic acids is 1. The number of allylic oxidation sites excluding steroid dienone is 1. The number of carbonyl (C=O) groups is 1. The Morgan fingerprint density at radius 1 is 1.33 bits per heavy atom. The van der Waals surface area contributed by atoms with Gasteiger partial charge in [0.1, 0.15) is 5.76 Å². The molecule has 24 heavy (non-hydrogen) atoms. The van der Waals surface area contributed by atoms with Gasteiger partial charge in [0.05, 0.1) is 17.2 Å². The van der Waals surface area contributed by atoms with Crippen LogP contribution in [-0.2, 0) is 0 Å². The third kappa shape index (κ3) is 3.42. The van der Waals surface area contributed by atoms with Gasteiger partial charge in [0.2, 0.25) is 0 Å². The summed E-state index contributed by atoms with van der Waals surface area (Å²) in [4.78, 5) is 11.1. The van der Waals surface area contributed by atoms with Gasteiger partial charge in [-0.3, -0.25) is 0 Å². The Bertz CT molecular complexity index is 730. The van der Waals surface area contributed by atoms with E-state index in [0.717, 1.165) is 31.0 Å². The fourth-order valence-electron chi connectivity index (χ4n) is 2.96. The minimum atomic E-state index is -3.08. The van der Waals surface area contributed by atoms with Crippen molar-refractivity contribution in [2.75, 3.05) is 5.32 Å². The van der Waals surface area contributed by atoms with Gasteiger partial charge < -0.3 is 15.5 Å². The molecule has 1 saturated carbocycles. The molecule has 1 atom stereocenters. The van der Waals surface area contributed by atoms with Crippen molar-refractivity contribution in [3.63, 3.8) is 0 Å². The SMILES string of the molecule is CC(F)(F)C1=CCC(Nc2ccc(C(=O)O)cc2C2CC2)C=C1O. The maximum absolute atomic E-state index is 13.4. The fraction of sp³-hybridized carbons (Fsp3) is 0.389. The molecule has 0 spiro atoms. The third-order valence-corrected chi connectivity index (χ3v) is 4.34. The van der Waals surface area contributed by atoms with Crippen LogP contribution in [0.15, 0.2) is 41.7 Å². The summed E-state index contributed by atoms with van der Waals surface area (Å²) in [5.74, 6) is -4.13. The second-order valence-corrected chi connectivity index (χ2v) is 6.43. The number of rotatable bonds is 5. The molecule has 1 fully saturated rings.